The molecular formula is C31H27Cl2NO4S2. The zero-order valence-corrected chi connectivity index (χ0v) is 25.3. The van der Waals surface area contributed by atoms with Gasteiger partial charge in [-0.2, -0.15) is 0 Å². The van der Waals surface area contributed by atoms with Crippen LogP contribution < -0.4 is 0 Å². The lowest BCUT2D eigenvalue weighted by molar-refractivity contribution is -0.116. The highest BCUT2D eigenvalue weighted by atomic mass is 35.5. The molecule has 2 aromatic carbocycles. The number of nitrogens with zero attached hydrogens (tertiary/aromatic N) is 1. The van der Waals surface area contributed by atoms with Crippen molar-refractivity contribution in [3.63, 3.8) is 0 Å². The molecule has 0 fully saturated rings. The normalized spacial score (nSPS) is 12.4. The molecule has 0 spiro atoms. The minimum atomic E-state index is -0.197. The number of benzene rings is 2. The Morgan fingerprint density at radius 3 is 2.25 bits per heavy atom. The van der Waals surface area contributed by atoms with Gasteiger partial charge in [0.15, 0.2) is 11.6 Å². The van der Waals surface area contributed by atoms with E-state index < -0.39 is 0 Å². The summed E-state index contributed by atoms with van der Waals surface area (Å²) in [5.41, 5.74) is 3.79. The Labute approximate surface area is 251 Å². The van der Waals surface area contributed by atoms with Crippen molar-refractivity contribution < 1.29 is 19.5 Å². The predicted octanol–water partition coefficient (Wildman–Crippen LogP) is 8.69. The first-order valence-corrected chi connectivity index (χ1v) is 15.0. The van der Waals surface area contributed by atoms with Crippen LogP contribution in [0.4, 0.5) is 0 Å². The molecule has 4 rings (SSSR count). The molecule has 0 aliphatic heterocycles. The van der Waals surface area contributed by atoms with Crippen LogP contribution in [0.25, 0.3) is 10.4 Å². The van der Waals surface area contributed by atoms with E-state index in [0.717, 1.165) is 16.7 Å². The van der Waals surface area contributed by atoms with Crippen molar-refractivity contribution in [2.24, 2.45) is 4.99 Å². The van der Waals surface area contributed by atoms with Gasteiger partial charge in [-0.25, -0.2) is 0 Å². The van der Waals surface area contributed by atoms with E-state index in [1.54, 1.807) is 49.6 Å². The van der Waals surface area contributed by atoms with Gasteiger partial charge >= 0.3 is 0 Å². The van der Waals surface area contributed by atoms with Crippen molar-refractivity contribution >= 4 is 68.9 Å². The zero-order chi connectivity index (χ0) is 29.0. The van der Waals surface area contributed by atoms with Crippen LogP contribution in [0.2, 0.25) is 10.0 Å². The van der Waals surface area contributed by atoms with E-state index in [4.69, 9.17) is 23.2 Å². The molecule has 2 heterocycles. The maximum absolute atomic E-state index is 12.9. The SMILES string of the molecule is CC(=O)Cc1ccc(C(C)CC(=O)c2ccc(C(=O)CN=C(C)c3csc(-c4ccc(Cl)c(Cl)c4)c3O)s2)cc1. The molecule has 9 heteroatoms. The standard InChI is InChI=1S/C31H27Cl2NO4S2/c1-17(21-6-4-20(5-7-21)13-18(2)35)12-26(36)28-10-11-29(40-28)27(37)15-34-19(3)23-16-39-31(30(23)38)22-8-9-24(32)25(33)14-22/h4-11,14,16-17,38H,12-13,15H2,1-3H3. The Balaban J connectivity index is 1.38. The Bertz CT molecular complexity index is 1600. The molecule has 0 saturated carbocycles. The summed E-state index contributed by atoms with van der Waals surface area (Å²) in [7, 11) is 0. The monoisotopic (exact) mass is 611 g/mol. The summed E-state index contributed by atoms with van der Waals surface area (Å²) in [5.74, 6) is -0.0410. The number of thiophene rings is 2. The molecule has 0 amide bonds. The summed E-state index contributed by atoms with van der Waals surface area (Å²) < 4.78 is 0. The highest BCUT2D eigenvalue weighted by molar-refractivity contribution is 7.16. The van der Waals surface area contributed by atoms with Gasteiger partial charge in [0, 0.05) is 29.5 Å². The van der Waals surface area contributed by atoms with Gasteiger partial charge in [-0.3, -0.25) is 19.4 Å². The molecule has 4 aromatic rings. The molecule has 0 radical (unpaired) electrons. The lowest BCUT2D eigenvalue weighted by Gasteiger charge is -2.11. The summed E-state index contributed by atoms with van der Waals surface area (Å²) in [4.78, 5) is 43.1. The summed E-state index contributed by atoms with van der Waals surface area (Å²) >= 11 is 14.6. The van der Waals surface area contributed by atoms with Gasteiger partial charge in [-0.15, -0.1) is 22.7 Å². The number of carbonyl (C=O) groups excluding carboxylic acids is 3. The van der Waals surface area contributed by atoms with Crippen LogP contribution >= 0.6 is 45.9 Å². The zero-order valence-electron chi connectivity index (χ0n) is 22.2. The third kappa shape index (κ3) is 7.15. The van der Waals surface area contributed by atoms with Crippen molar-refractivity contribution in [1.29, 1.82) is 0 Å². The fraction of sp³-hybridized carbons (Fsp3) is 0.226. The maximum Gasteiger partial charge on any atom is 0.194 e. The van der Waals surface area contributed by atoms with E-state index in [1.165, 1.54) is 22.7 Å². The molecule has 1 atom stereocenters. The van der Waals surface area contributed by atoms with Crippen LogP contribution in [0.5, 0.6) is 5.75 Å². The quantitative estimate of drug-likeness (QED) is 0.136. The van der Waals surface area contributed by atoms with Crippen LogP contribution in [0.1, 0.15) is 69.1 Å². The number of carbonyl (C=O) groups is 3. The number of ketones is 3. The molecule has 206 valence electrons. The van der Waals surface area contributed by atoms with Crippen molar-refractivity contribution in [2.75, 3.05) is 6.54 Å². The Morgan fingerprint density at radius 2 is 1.60 bits per heavy atom. The van der Waals surface area contributed by atoms with Crippen molar-refractivity contribution in [3.05, 3.63) is 96.5 Å². The van der Waals surface area contributed by atoms with E-state index in [0.29, 0.717) is 48.8 Å². The van der Waals surface area contributed by atoms with Crippen LogP contribution in [-0.2, 0) is 11.2 Å². The molecule has 0 saturated heterocycles. The second-order valence-corrected chi connectivity index (χ2v) is 12.4. The van der Waals surface area contributed by atoms with Gasteiger partial charge in [-0.1, -0.05) is 60.5 Å². The molecule has 1 unspecified atom stereocenters. The van der Waals surface area contributed by atoms with Crippen LogP contribution in [0, 0.1) is 0 Å². The number of hydrogen-bond donors (Lipinski definition) is 1. The summed E-state index contributed by atoms with van der Waals surface area (Å²) in [6.07, 6.45) is 0.716. The Hall–Kier alpha value is -3.10. The smallest absolute Gasteiger partial charge is 0.194 e. The largest absolute Gasteiger partial charge is 0.506 e. The lowest BCUT2D eigenvalue weighted by Crippen LogP contribution is -2.05. The molecule has 5 nitrogen and oxygen atoms in total. The van der Waals surface area contributed by atoms with E-state index >= 15 is 0 Å². The van der Waals surface area contributed by atoms with Crippen LogP contribution in [-0.4, -0.2) is 34.7 Å². The average Bonchev–Trinajstić information content (AvgIpc) is 3.56. The summed E-state index contributed by atoms with van der Waals surface area (Å²) in [5, 5.41) is 13.4. The van der Waals surface area contributed by atoms with E-state index in [2.05, 4.69) is 4.99 Å². The van der Waals surface area contributed by atoms with Crippen molar-refractivity contribution in [2.45, 2.75) is 39.5 Å². The van der Waals surface area contributed by atoms with Gasteiger partial charge < -0.3 is 5.11 Å². The van der Waals surface area contributed by atoms with Gasteiger partial charge in [0.05, 0.1) is 24.7 Å². The highest BCUT2D eigenvalue weighted by Crippen LogP contribution is 2.40. The van der Waals surface area contributed by atoms with Gasteiger partial charge in [0.25, 0.3) is 0 Å². The molecule has 2 aromatic heterocycles. The predicted molar refractivity (Wildman–Crippen MR) is 165 cm³/mol. The number of rotatable bonds is 11. The number of halogens is 2. The first-order valence-electron chi connectivity index (χ1n) is 12.5. The fourth-order valence-electron chi connectivity index (χ4n) is 4.19. The third-order valence-corrected chi connectivity index (χ3v) is 9.37. The topological polar surface area (TPSA) is 83.8 Å². The molecule has 0 aliphatic rings. The van der Waals surface area contributed by atoms with Gasteiger partial charge in [0.1, 0.15) is 18.1 Å². The molecule has 1 N–H and O–H groups in total. The second-order valence-electron chi connectivity index (χ2n) is 9.59. The number of hydrogen-bond acceptors (Lipinski definition) is 7. The van der Waals surface area contributed by atoms with E-state index in [-0.39, 0.29) is 35.6 Å². The maximum atomic E-state index is 12.9. The molecule has 0 bridgehead atoms. The minimum Gasteiger partial charge on any atom is -0.506 e. The van der Waals surface area contributed by atoms with Crippen LogP contribution in [0.3, 0.4) is 0 Å². The van der Waals surface area contributed by atoms with Crippen LogP contribution in [0.15, 0.2) is 65.0 Å². The van der Waals surface area contributed by atoms with Gasteiger partial charge in [-0.05, 0) is 60.7 Å². The fourth-order valence-corrected chi connectivity index (χ4v) is 6.37. The Morgan fingerprint density at radius 1 is 0.925 bits per heavy atom. The van der Waals surface area contributed by atoms with E-state index in [9.17, 15) is 19.5 Å². The van der Waals surface area contributed by atoms with E-state index in [1.807, 2.05) is 31.2 Å². The first-order chi connectivity index (χ1) is 19.0. The van der Waals surface area contributed by atoms with Gasteiger partial charge in [0.2, 0.25) is 0 Å². The number of Topliss-reactive ketones (excluding diaryl/α,β-unsaturated/α-hetero) is 3. The number of aromatic hydroxyl groups is 1. The summed E-state index contributed by atoms with van der Waals surface area (Å²) in [6.45, 7) is 5.19. The second kappa shape index (κ2) is 13.0. The molecular weight excluding hydrogens is 585 g/mol. The molecule has 0 aliphatic carbocycles. The van der Waals surface area contributed by atoms with Crippen molar-refractivity contribution in [1.82, 2.24) is 0 Å². The van der Waals surface area contributed by atoms with Crippen molar-refractivity contribution in [3.8, 4) is 16.2 Å². The number of aliphatic imine (C=N–C) groups is 1. The Kier molecular flexibility index (Phi) is 9.74. The first kappa shape index (κ1) is 29.9. The highest BCUT2D eigenvalue weighted by Gasteiger charge is 2.19. The average molecular weight is 613 g/mol. The summed E-state index contributed by atoms with van der Waals surface area (Å²) in [6, 6.07) is 16.3. The minimum absolute atomic E-state index is 0.000503. The lowest BCUT2D eigenvalue weighted by atomic mass is 9.94. The third-order valence-electron chi connectivity index (χ3n) is 6.45. The molecule has 40 heavy (non-hydrogen) atoms.